The molecule has 6 nitrogen and oxygen atoms in total. The Morgan fingerprint density at radius 3 is 2.61 bits per heavy atom. The number of carbonyl (C=O) groups is 1. The van der Waals surface area contributed by atoms with E-state index in [2.05, 4.69) is 36.4 Å². The number of alkyl halides is 3. The van der Waals surface area contributed by atoms with E-state index in [1.54, 1.807) is 31.4 Å². The molecule has 188 valence electrons. The van der Waals surface area contributed by atoms with Gasteiger partial charge in [-0.05, 0) is 62.1 Å². The van der Waals surface area contributed by atoms with Crippen LogP contribution >= 0.6 is 27.5 Å². The average molecular weight is 581 g/mol. The molecule has 11 heteroatoms. The molecule has 1 aliphatic carbocycles. The van der Waals surface area contributed by atoms with Gasteiger partial charge in [0.05, 0.1) is 17.2 Å². The minimum absolute atomic E-state index is 0.0132. The van der Waals surface area contributed by atoms with Crippen LogP contribution in [0.2, 0.25) is 5.02 Å². The summed E-state index contributed by atoms with van der Waals surface area (Å²) >= 11 is 9.62. The van der Waals surface area contributed by atoms with Crippen molar-refractivity contribution in [3.8, 4) is 0 Å². The lowest BCUT2D eigenvalue weighted by molar-refractivity contribution is -0.140. The number of aromatic nitrogens is 3. The van der Waals surface area contributed by atoms with Gasteiger partial charge in [-0.1, -0.05) is 27.5 Å². The predicted molar refractivity (Wildman–Crippen MR) is 137 cm³/mol. The van der Waals surface area contributed by atoms with Crippen molar-refractivity contribution in [3.63, 3.8) is 0 Å². The molecule has 1 fully saturated rings. The Labute approximate surface area is 218 Å². The van der Waals surface area contributed by atoms with Gasteiger partial charge in [0, 0.05) is 50.6 Å². The van der Waals surface area contributed by atoms with Crippen LogP contribution in [-0.2, 0) is 6.18 Å². The third-order valence-electron chi connectivity index (χ3n) is 6.77. The van der Waals surface area contributed by atoms with Crippen molar-refractivity contribution in [2.45, 2.75) is 43.9 Å². The van der Waals surface area contributed by atoms with Gasteiger partial charge in [-0.3, -0.25) is 9.89 Å². The molecule has 0 saturated heterocycles. The fourth-order valence-electron chi connectivity index (χ4n) is 4.83. The maximum absolute atomic E-state index is 13.5. The van der Waals surface area contributed by atoms with Gasteiger partial charge in [-0.2, -0.15) is 18.3 Å². The molecule has 36 heavy (non-hydrogen) atoms. The zero-order valence-electron chi connectivity index (χ0n) is 19.2. The Balaban J connectivity index is 1.30. The molecule has 0 aliphatic heterocycles. The number of hydrogen-bond acceptors (Lipinski definition) is 4. The number of H-pyrrole nitrogens is 1. The Morgan fingerprint density at radius 2 is 1.89 bits per heavy atom. The number of fused-ring (bicyclic) bond motifs is 2. The first-order chi connectivity index (χ1) is 17.1. The standard InChI is InChI=1S/C25H22BrClF3N5O/c1-35(22-11-23(25(28,29)30)33-20-7-2-14(27)10-17(20)22)16-5-3-15(4-6-16)32-24(36)13-8-19(26)18-12-31-34-21(18)9-13/h2,7-12,15-16H,3-6H2,1H3,(H,31,34)(H,32,36). The molecular weight excluding hydrogens is 559 g/mol. The normalized spacial score (nSPS) is 18.5. The number of carbonyl (C=O) groups excluding carboxylic acids is 1. The van der Waals surface area contributed by atoms with E-state index in [0.717, 1.165) is 34.3 Å². The minimum Gasteiger partial charge on any atom is -0.371 e. The lowest BCUT2D eigenvalue weighted by atomic mass is 9.89. The second-order valence-corrected chi connectivity index (χ2v) is 10.4. The number of rotatable bonds is 4. The highest BCUT2D eigenvalue weighted by atomic mass is 79.9. The summed E-state index contributed by atoms with van der Waals surface area (Å²) in [5.41, 5.74) is 1.05. The quantitative estimate of drug-likeness (QED) is 0.281. The fourth-order valence-corrected chi connectivity index (χ4v) is 5.56. The topological polar surface area (TPSA) is 73.9 Å². The number of halogens is 5. The Bertz CT molecular complexity index is 1450. The van der Waals surface area contributed by atoms with Gasteiger partial charge >= 0.3 is 6.18 Å². The highest BCUT2D eigenvalue weighted by Crippen LogP contribution is 2.37. The fraction of sp³-hybridized carbons (Fsp3) is 0.320. The summed E-state index contributed by atoms with van der Waals surface area (Å²) in [5, 5.41) is 11.9. The summed E-state index contributed by atoms with van der Waals surface area (Å²) in [6.07, 6.45) is -0.00277. The van der Waals surface area contributed by atoms with Gasteiger partial charge in [0.25, 0.3) is 5.91 Å². The molecule has 0 radical (unpaired) electrons. The summed E-state index contributed by atoms with van der Waals surface area (Å²) < 4.78 is 41.4. The second-order valence-electron chi connectivity index (χ2n) is 9.06. The number of nitrogens with one attached hydrogen (secondary N) is 2. The monoisotopic (exact) mass is 579 g/mol. The van der Waals surface area contributed by atoms with Crippen LogP contribution < -0.4 is 10.2 Å². The number of amides is 1. The Kier molecular flexibility index (Phi) is 6.59. The maximum Gasteiger partial charge on any atom is 0.433 e. The van der Waals surface area contributed by atoms with E-state index in [-0.39, 0.29) is 23.5 Å². The zero-order valence-corrected chi connectivity index (χ0v) is 21.5. The van der Waals surface area contributed by atoms with Crippen molar-refractivity contribution in [2.75, 3.05) is 11.9 Å². The third-order valence-corrected chi connectivity index (χ3v) is 7.66. The van der Waals surface area contributed by atoms with E-state index in [9.17, 15) is 18.0 Å². The maximum atomic E-state index is 13.5. The summed E-state index contributed by atoms with van der Waals surface area (Å²) in [4.78, 5) is 18.6. The van der Waals surface area contributed by atoms with Gasteiger partial charge in [0.1, 0.15) is 5.69 Å². The highest BCUT2D eigenvalue weighted by molar-refractivity contribution is 9.10. The molecular formula is C25H22BrClF3N5O. The molecule has 5 rings (SSSR count). The third kappa shape index (κ3) is 4.88. The molecule has 4 aromatic rings. The Morgan fingerprint density at radius 1 is 1.14 bits per heavy atom. The summed E-state index contributed by atoms with van der Waals surface area (Å²) in [7, 11) is 1.80. The molecule has 0 spiro atoms. The molecule has 0 bridgehead atoms. The van der Waals surface area contributed by atoms with Crippen molar-refractivity contribution in [1.82, 2.24) is 20.5 Å². The molecule has 2 aromatic heterocycles. The number of anilines is 1. The minimum atomic E-state index is -4.56. The highest BCUT2D eigenvalue weighted by Gasteiger charge is 2.35. The lowest BCUT2D eigenvalue weighted by Crippen LogP contribution is -2.43. The molecule has 2 N–H and O–H groups in total. The van der Waals surface area contributed by atoms with Crippen LogP contribution in [0.5, 0.6) is 0 Å². The SMILES string of the molecule is CN(c1cc(C(F)(F)F)nc2ccc(Cl)cc12)C1CCC(NC(=O)c2cc(Br)c3cn[nH]c3c2)CC1. The Hall–Kier alpha value is -2.85. The van der Waals surface area contributed by atoms with E-state index >= 15 is 0 Å². The first-order valence-electron chi connectivity index (χ1n) is 11.4. The first-order valence-corrected chi connectivity index (χ1v) is 12.6. The first kappa shape index (κ1) is 24.8. The zero-order chi connectivity index (χ0) is 25.6. The number of nitrogens with zero attached hydrogens (tertiary/aromatic N) is 3. The van der Waals surface area contributed by atoms with Crippen LogP contribution in [0, 0.1) is 0 Å². The molecule has 2 aromatic carbocycles. The second kappa shape index (κ2) is 9.55. The van der Waals surface area contributed by atoms with Crippen molar-refractivity contribution in [3.05, 3.63) is 63.3 Å². The lowest BCUT2D eigenvalue weighted by Gasteiger charge is -2.37. The van der Waals surface area contributed by atoms with Gasteiger partial charge in [-0.25, -0.2) is 4.98 Å². The summed E-state index contributed by atoms with van der Waals surface area (Å²) in [6, 6.07) is 9.32. The van der Waals surface area contributed by atoms with Gasteiger partial charge in [-0.15, -0.1) is 0 Å². The molecule has 1 aliphatic rings. The van der Waals surface area contributed by atoms with Crippen molar-refractivity contribution in [2.24, 2.45) is 0 Å². The van der Waals surface area contributed by atoms with E-state index in [1.807, 2.05) is 4.90 Å². The number of pyridine rings is 1. The molecule has 2 heterocycles. The summed E-state index contributed by atoms with van der Waals surface area (Å²) in [5.74, 6) is -0.173. The van der Waals surface area contributed by atoms with E-state index < -0.39 is 11.9 Å². The molecule has 1 amide bonds. The van der Waals surface area contributed by atoms with Crippen LogP contribution in [0.15, 0.2) is 47.1 Å². The molecule has 1 saturated carbocycles. The largest absolute Gasteiger partial charge is 0.433 e. The van der Waals surface area contributed by atoms with Gasteiger partial charge in [0.2, 0.25) is 0 Å². The van der Waals surface area contributed by atoms with Crippen LogP contribution in [0.3, 0.4) is 0 Å². The van der Waals surface area contributed by atoms with Crippen molar-refractivity contribution >= 4 is 60.9 Å². The van der Waals surface area contributed by atoms with Crippen LogP contribution in [-0.4, -0.2) is 40.2 Å². The van der Waals surface area contributed by atoms with E-state index in [4.69, 9.17) is 11.6 Å². The van der Waals surface area contributed by atoms with E-state index in [0.29, 0.717) is 34.5 Å². The predicted octanol–water partition coefficient (Wildman–Crippen LogP) is 6.72. The number of hydrogen-bond donors (Lipinski definition) is 2. The van der Waals surface area contributed by atoms with Crippen LogP contribution in [0.25, 0.3) is 21.8 Å². The van der Waals surface area contributed by atoms with Crippen LogP contribution in [0.4, 0.5) is 18.9 Å². The van der Waals surface area contributed by atoms with Gasteiger partial charge in [0.15, 0.2) is 0 Å². The number of benzene rings is 2. The summed E-state index contributed by atoms with van der Waals surface area (Å²) in [6.45, 7) is 0. The van der Waals surface area contributed by atoms with Crippen molar-refractivity contribution < 1.29 is 18.0 Å². The molecule has 0 atom stereocenters. The number of aromatic amines is 1. The van der Waals surface area contributed by atoms with Gasteiger partial charge < -0.3 is 10.2 Å². The van der Waals surface area contributed by atoms with Crippen molar-refractivity contribution in [1.29, 1.82) is 0 Å². The van der Waals surface area contributed by atoms with E-state index in [1.165, 1.54) is 12.1 Å². The smallest absolute Gasteiger partial charge is 0.371 e. The van der Waals surface area contributed by atoms with Crippen LogP contribution in [0.1, 0.15) is 41.7 Å². The average Bonchev–Trinajstić information content (AvgIpc) is 3.32. The molecule has 0 unspecified atom stereocenters.